The molecule has 5 rings (SSSR count). The average Bonchev–Trinajstić information content (AvgIpc) is 3.52. The summed E-state index contributed by atoms with van der Waals surface area (Å²) in [5, 5.41) is 14.4. The Morgan fingerprint density at radius 1 is 0.825 bits per heavy atom. The van der Waals surface area contributed by atoms with Gasteiger partial charge in [-0.3, -0.25) is 0 Å². The third-order valence-corrected chi connectivity index (χ3v) is 6.83. The Balaban J connectivity index is 1.37. The summed E-state index contributed by atoms with van der Waals surface area (Å²) in [7, 11) is 1.71. The molecule has 2 aromatic heterocycles. The standard InChI is InChI=1S/C32H34N6O2/c1-4-5-13-30-33-22(2)29(19-24-9-8-10-25(18-24)20-39-3)32(34-30)40-21-23-14-16-26(17-15-23)27-11-6-7-12-28(27)31-35-37-38-36-31/h6-12,14-18H,4-5,13,19-21H2,1-3H3,(H,35,36,37,38). The number of H-pyrrole nitrogens is 1. The summed E-state index contributed by atoms with van der Waals surface area (Å²) in [4.78, 5) is 9.69. The molecule has 0 saturated heterocycles. The van der Waals surface area contributed by atoms with E-state index in [4.69, 9.17) is 19.4 Å². The molecule has 40 heavy (non-hydrogen) atoms. The molecule has 1 N–H and O–H groups in total. The van der Waals surface area contributed by atoms with Crippen molar-refractivity contribution in [2.24, 2.45) is 0 Å². The van der Waals surface area contributed by atoms with Crippen molar-refractivity contribution in [3.05, 3.63) is 107 Å². The molecule has 0 aliphatic rings. The number of nitrogens with one attached hydrogen (secondary N) is 1. The molecule has 2 heterocycles. The Hall–Kier alpha value is -4.43. The number of benzene rings is 3. The number of nitrogens with zero attached hydrogens (tertiary/aromatic N) is 5. The average molecular weight is 535 g/mol. The Kier molecular flexibility index (Phi) is 8.88. The van der Waals surface area contributed by atoms with Crippen LogP contribution in [0.3, 0.4) is 0 Å². The van der Waals surface area contributed by atoms with E-state index in [2.05, 4.69) is 89.1 Å². The fourth-order valence-electron chi connectivity index (χ4n) is 4.74. The topological polar surface area (TPSA) is 98.7 Å². The van der Waals surface area contributed by atoms with Crippen LogP contribution in [0.5, 0.6) is 5.88 Å². The normalized spacial score (nSPS) is 11.1. The zero-order chi connectivity index (χ0) is 27.7. The quantitative estimate of drug-likeness (QED) is 0.201. The molecule has 0 saturated carbocycles. The van der Waals surface area contributed by atoms with Crippen molar-refractivity contribution in [2.75, 3.05) is 7.11 Å². The second kappa shape index (κ2) is 13.1. The van der Waals surface area contributed by atoms with Crippen LogP contribution < -0.4 is 4.74 Å². The van der Waals surface area contributed by atoms with Gasteiger partial charge in [-0.2, -0.15) is 4.98 Å². The van der Waals surface area contributed by atoms with Crippen molar-refractivity contribution < 1.29 is 9.47 Å². The van der Waals surface area contributed by atoms with Crippen molar-refractivity contribution in [1.82, 2.24) is 30.6 Å². The van der Waals surface area contributed by atoms with Crippen LogP contribution >= 0.6 is 0 Å². The molecule has 5 aromatic rings. The van der Waals surface area contributed by atoms with Crippen molar-refractivity contribution in [1.29, 1.82) is 0 Å². The fraction of sp³-hybridized carbons (Fsp3) is 0.281. The molecule has 0 aliphatic heterocycles. The number of ether oxygens (including phenoxy) is 2. The highest BCUT2D eigenvalue weighted by Gasteiger charge is 2.15. The molecule has 0 fully saturated rings. The van der Waals surface area contributed by atoms with Crippen molar-refractivity contribution in [3.63, 3.8) is 0 Å². The lowest BCUT2D eigenvalue weighted by Crippen LogP contribution is -2.09. The van der Waals surface area contributed by atoms with Crippen LogP contribution in [0.1, 0.15) is 53.5 Å². The molecular weight excluding hydrogens is 500 g/mol. The number of hydrogen-bond donors (Lipinski definition) is 1. The Bertz CT molecular complexity index is 1530. The Morgan fingerprint density at radius 3 is 2.38 bits per heavy atom. The highest BCUT2D eigenvalue weighted by atomic mass is 16.5. The molecule has 3 aromatic carbocycles. The minimum absolute atomic E-state index is 0.411. The first kappa shape index (κ1) is 27.1. The molecule has 0 unspecified atom stereocenters. The summed E-state index contributed by atoms with van der Waals surface area (Å²) in [6.45, 7) is 5.22. The van der Waals surface area contributed by atoms with Gasteiger partial charge in [-0.25, -0.2) is 10.1 Å². The van der Waals surface area contributed by atoms with Gasteiger partial charge in [0.2, 0.25) is 5.88 Å². The van der Waals surface area contributed by atoms with Gasteiger partial charge in [0.25, 0.3) is 0 Å². The van der Waals surface area contributed by atoms with E-state index in [1.54, 1.807) is 7.11 Å². The Labute approximate surface area is 234 Å². The van der Waals surface area contributed by atoms with Gasteiger partial charge in [-0.05, 0) is 51.6 Å². The zero-order valence-electron chi connectivity index (χ0n) is 23.2. The van der Waals surface area contributed by atoms with E-state index < -0.39 is 0 Å². The predicted octanol–water partition coefficient (Wildman–Crippen LogP) is 6.29. The van der Waals surface area contributed by atoms with Crippen LogP contribution in [0.4, 0.5) is 0 Å². The first-order chi connectivity index (χ1) is 19.6. The third-order valence-electron chi connectivity index (χ3n) is 6.83. The number of unbranched alkanes of at least 4 members (excludes halogenated alkanes) is 1. The maximum absolute atomic E-state index is 6.40. The molecule has 0 bridgehead atoms. The lowest BCUT2D eigenvalue weighted by atomic mass is 9.98. The first-order valence-corrected chi connectivity index (χ1v) is 13.6. The van der Waals surface area contributed by atoms with Crippen LogP contribution in [0.25, 0.3) is 22.5 Å². The highest BCUT2D eigenvalue weighted by Crippen LogP contribution is 2.30. The van der Waals surface area contributed by atoms with E-state index in [1.807, 2.05) is 18.2 Å². The second-order valence-electron chi connectivity index (χ2n) is 9.82. The molecule has 204 valence electrons. The molecule has 0 aliphatic carbocycles. The summed E-state index contributed by atoms with van der Waals surface area (Å²) in [5.41, 5.74) is 8.43. The van der Waals surface area contributed by atoms with Crippen LogP contribution in [-0.4, -0.2) is 37.7 Å². The zero-order valence-corrected chi connectivity index (χ0v) is 23.2. The summed E-state index contributed by atoms with van der Waals surface area (Å²) in [5.74, 6) is 2.13. The lowest BCUT2D eigenvalue weighted by molar-refractivity contribution is 0.185. The number of tetrazole rings is 1. The summed E-state index contributed by atoms with van der Waals surface area (Å²) >= 11 is 0. The van der Waals surface area contributed by atoms with E-state index in [0.29, 0.717) is 31.3 Å². The summed E-state index contributed by atoms with van der Waals surface area (Å²) in [6, 6.07) is 24.9. The number of aromatic amines is 1. The number of rotatable bonds is 12. The molecule has 8 heteroatoms. The monoisotopic (exact) mass is 534 g/mol. The lowest BCUT2D eigenvalue weighted by Gasteiger charge is -2.15. The van der Waals surface area contributed by atoms with E-state index in [1.165, 1.54) is 5.56 Å². The van der Waals surface area contributed by atoms with Gasteiger partial charge >= 0.3 is 0 Å². The van der Waals surface area contributed by atoms with Crippen LogP contribution in [-0.2, 0) is 30.8 Å². The molecule has 0 radical (unpaired) electrons. The van der Waals surface area contributed by atoms with Crippen molar-refractivity contribution >= 4 is 0 Å². The van der Waals surface area contributed by atoms with Gasteiger partial charge in [0.15, 0.2) is 5.82 Å². The van der Waals surface area contributed by atoms with E-state index in [9.17, 15) is 0 Å². The predicted molar refractivity (Wildman–Crippen MR) is 155 cm³/mol. The molecule has 0 atom stereocenters. The van der Waals surface area contributed by atoms with E-state index in [0.717, 1.165) is 64.2 Å². The van der Waals surface area contributed by atoms with E-state index >= 15 is 0 Å². The van der Waals surface area contributed by atoms with Gasteiger partial charge < -0.3 is 9.47 Å². The summed E-state index contributed by atoms with van der Waals surface area (Å²) in [6.07, 6.45) is 3.67. The largest absolute Gasteiger partial charge is 0.472 e. The van der Waals surface area contributed by atoms with Gasteiger partial charge in [0, 0.05) is 36.8 Å². The third kappa shape index (κ3) is 6.58. The molecule has 0 spiro atoms. The minimum Gasteiger partial charge on any atom is -0.472 e. The SMILES string of the molecule is CCCCc1nc(C)c(Cc2cccc(COC)c2)c(OCc2ccc(-c3ccccc3-c3nnn[nH]3)cc2)n1. The van der Waals surface area contributed by atoms with Gasteiger partial charge in [0.1, 0.15) is 12.4 Å². The number of methoxy groups -OCH3 is 1. The minimum atomic E-state index is 0.411. The molecular formula is C32H34N6O2. The smallest absolute Gasteiger partial charge is 0.220 e. The molecule has 0 amide bonds. The van der Waals surface area contributed by atoms with Crippen LogP contribution in [0.15, 0.2) is 72.8 Å². The Morgan fingerprint density at radius 2 is 1.62 bits per heavy atom. The van der Waals surface area contributed by atoms with Gasteiger partial charge in [-0.1, -0.05) is 86.1 Å². The summed E-state index contributed by atoms with van der Waals surface area (Å²) < 4.78 is 11.7. The van der Waals surface area contributed by atoms with Gasteiger partial charge in [0.05, 0.1) is 6.61 Å². The highest BCUT2D eigenvalue weighted by molar-refractivity contribution is 5.80. The van der Waals surface area contributed by atoms with Gasteiger partial charge in [-0.15, -0.1) is 5.10 Å². The number of aromatic nitrogens is 6. The maximum atomic E-state index is 6.40. The molecule has 8 nitrogen and oxygen atoms in total. The number of aryl methyl sites for hydroxylation is 2. The number of hydrogen-bond acceptors (Lipinski definition) is 7. The maximum Gasteiger partial charge on any atom is 0.220 e. The van der Waals surface area contributed by atoms with E-state index in [-0.39, 0.29) is 0 Å². The second-order valence-corrected chi connectivity index (χ2v) is 9.82. The van der Waals surface area contributed by atoms with Crippen LogP contribution in [0.2, 0.25) is 0 Å². The van der Waals surface area contributed by atoms with Crippen molar-refractivity contribution in [2.45, 2.75) is 52.7 Å². The van der Waals surface area contributed by atoms with Crippen molar-refractivity contribution in [3.8, 4) is 28.4 Å². The first-order valence-electron chi connectivity index (χ1n) is 13.6. The fourth-order valence-corrected chi connectivity index (χ4v) is 4.74. The van der Waals surface area contributed by atoms with Crippen LogP contribution in [0, 0.1) is 6.92 Å².